The standard InChI is InChI=1S/C22H27NO2/c1-22(2,3)18-12-17(14-23-15-19-10-7-11-25-19)21(24)20(13-18)16-8-5-4-6-9-16/h4-6,8-9,12-14,19,24H,7,10-11,15H2,1-3H3. The van der Waals surface area contributed by atoms with Crippen molar-refractivity contribution in [2.45, 2.75) is 45.1 Å². The zero-order chi connectivity index (χ0) is 17.9. The van der Waals surface area contributed by atoms with Crippen LogP contribution in [0.1, 0.15) is 44.7 Å². The van der Waals surface area contributed by atoms with E-state index in [2.05, 4.69) is 31.8 Å². The van der Waals surface area contributed by atoms with E-state index in [4.69, 9.17) is 4.74 Å². The largest absolute Gasteiger partial charge is 0.507 e. The van der Waals surface area contributed by atoms with Crippen LogP contribution in [0.2, 0.25) is 0 Å². The normalized spacial score (nSPS) is 18.1. The summed E-state index contributed by atoms with van der Waals surface area (Å²) in [6.07, 6.45) is 4.19. The van der Waals surface area contributed by atoms with E-state index in [1.54, 1.807) is 6.21 Å². The topological polar surface area (TPSA) is 41.8 Å². The first kappa shape index (κ1) is 17.7. The lowest BCUT2D eigenvalue weighted by molar-refractivity contribution is 0.118. The molecule has 25 heavy (non-hydrogen) atoms. The number of phenolic OH excluding ortho intramolecular Hbond substituents is 1. The molecular formula is C22H27NO2. The Bertz CT molecular complexity index is 739. The number of phenols is 1. The smallest absolute Gasteiger partial charge is 0.132 e. The molecule has 1 fully saturated rings. The summed E-state index contributed by atoms with van der Waals surface area (Å²) in [7, 11) is 0. The van der Waals surface area contributed by atoms with Gasteiger partial charge in [0.2, 0.25) is 0 Å². The molecule has 0 amide bonds. The van der Waals surface area contributed by atoms with Gasteiger partial charge in [-0.25, -0.2) is 0 Å². The highest BCUT2D eigenvalue weighted by atomic mass is 16.5. The lowest BCUT2D eigenvalue weighted by atomic mass is 9.84. The van der Waals surface area contributed by atoms with Crippen LogP contribution in [0.4, 0.5) is 0 Å². The Morgan fingerprint density at radius 1 is 1.20 bits per heavy atom. The number of ether oxygens (including phenoxy) is 1. The van der Waals surface area contributed by atoms with Crippen molar-refractivity contribution in [1.29, 1.82) is 0 Å². The van der Waals surface area contributed by atoms with E-state index in [0.29, 0.717) is 6.54 Å². The number of benzene rings is 2. The van der Waals surface area contributed by atoms with Gasteiger partial charge in [0.15, 0.2) is 0 Å². The molecule has 1 N–H and O–H groups in total. The van der Waals surface area contributed by atoms with Crippen molar-refractivity contribution < 1.29 is 9.84 Å². The van der Waals surface area contributed by atoms with Crippen molar-refractivity contribution in [1.82, 2.24) is 0 Å². The number of aliphatic imine (C=N–C) groups is 1. The van der Waals surface area contributed by atoms with Crippen LogP contribution < -0.4 is 0 Å². The molecule has 1 atom stereocenters. The summed E-state index contributed by atoms with van der Waals surface area (Å²) in [4.78, 5) is 4.53. The Balaban J connectivity index is 1.97. The second-order valence-electron chi connectivity index (χ2n) is 7.71. The van der Waals surface area contributed by atoms with Crippen molar-refractivity contribution in [2.24, 2.45) is 4.99 Å². The Labute approximate surface area is 150 Å². The van der Waals surface area contributed by atoms with Gasteiger partial charge in [-0.2, -0.15) is 0 Å². The van der Waals surface area contributed by atoms with Crippen LogP contribution in [0.25, 0.3) is 11.1 Å². The Morgan fingerprint density at radius 2 is 1.96 bits per heavy atom. The van der Waals surface area contributed by atoms with Crippen LogP contribution in [0.3, 0.4) is 0 Å². The molecule has 3 heteroatoms. The molecule has 1 aliphatic heterocycles. The van der Waals surface area contributed by atoms with Gasteiger partial charge in [-0.05, 0) is 41.5 Å². The maximum absolute atomic E-state index is 10.8. The van der Waals surface area contributed by atoms with Crippen LogP contribution in [-0.4, -0.2) is 30.6 Å². The number of rotatable bonds is 4. The number of hydrogen-bond donors (Lipinski definition) is 1. The molecule has 0 aliphatic carbocycles. The number of nitrogens with zero attached hydrogens (tertiary/aromatic N) is 1. The fourth-order valence-corrected chi connectivity index (χ4v) is 3.08. The van der Waals surface area contributed by atoms with Crippen molar-refractivity contribution in [2.75, 3.05) is 13.2 Å². The van der Waals surface area contributed by atoms with E-state index in [1.165, 1.54) is 5.56 Å². The van der Waals surface area contributed by atoms with Crippen LogP contribution in [-0.2, 0) is 10.2 Å². The van der Waals surface area contributed by atoms with Crippen LogP contribution in [0.15, 0.2) is 47.5 Å². The van der Waals surface area contributed by atoms with E-state index >= 15 is 0 Å². The van der Waals surface area contributed by atoms with Gasteiger partial charge in [-0.15, -0.1) is 0 Å². The quantitative estimate of drug-likeness (QED) is 0.802. The van der Waals surface area contributed by atoms with Crippen LogP contribution >= 0.6 is 0 Å². The average molecular weight is 337 g/mol. The summed E-state index contributed by atoms with van der Waals surface area (Å²) in [6.45, 7) is 8.04. The maximum atomic E-state index is 10.8. The number of hydrogen-bond acceptors (Lipinski definition) is 3. The first-order valence-electron chi connectivity index (χ1n) is 8.99. The highest BCUT2D eigenvalue weighted by molar-refractivity contribution is 5.89. The SMILES string of the molecule is CC(C)(C)c1cc(C=NCC2CCCO2)c(O)c(-c2ccccc2)c1. The molecule has 0 bridgehead atoms. The molecule has 1 heterocycles. The maximum Gasteiger partial charge on any atom is 0.132 e. The van der Waals surface area contributed by atoms with Gasteiger partial charge < -0.3 is 9.84 Å². The molecule has 2 aromatic rings. The molecule has 2 aromatic carbocycles. The molecule has 132 valence electrons. The second-order valence-corrected chi connectivity index (χ2v) is 7.71. The molecule has 0 aromatic heterocycles. The lowest BCUT2D eigenvalue weighted by Gasteiger charge is -2.22. The van der Waals surface area contributed by atoms with E-state index in [1.807, 2.05) is 36.4 Å². The third-order valence-corrected chi connectivity index (χ3v) is 4.65. The van der Waals surface area contributed by atoms with Gasteiger partial charge >= 0.3 is 0 Å². The van der Waals surface area contributed by atoms with E-state index in [9.17, 15) is 5.11 Å². The molecular weight excluding hydrogens is 310 g/mol. The van der Waals surface area contributed by atoms with Crippen molar-refractivity contribution in [3.05, 3.63) is 53.6 Å². The van der Waals surface area contributed by atoms with Crippen molar-refractivity contribution in [3.63, 3.8) is 0 Å². The van der Waals surface area contributed by atoms with Gasteiger partial charge in [0, 0.05) is 23.9 Å². The summed E-state index contributed by atoms with van der Waals surface area (Å²) in [5.74, 6) is 0.287. The van der Waals surface area contributed by atoms with Crippen LogP contribution in [0, 0.1) is 0 Å². The molecule has 1 aliphatic rings. The summed E-state index contributed by atoms with van der Waals surface area (Å²) < 4.78 is 5.62. The van der Waals surface area contributed by atoms with Crippen molar-refractivity contribution >= 4 is 6.21 Å². The first-order chi connectivity index (χ1) is 11.9. The van der Waals surface area contributed by atoms with E-state index in [0.717, 1.165) is 36.1 Å². The monoisotopic (exact) mass is 337 g/mol. The molecule has 1 saturated heterocycles. The van der Waals surface area contributed by atoms with Gasteiger partial charge in [0.05, 0.1) is 12.6 Å². The molecule has 0 spiro atoms. The zero-order valence-electron chi connectivity index (χ0n) is 15.3. The highest BCUT2D eigenvalue weighted by Gasteiger charge is 2.19. The zero-order valence-corrected chi connectivity index (χ0v) is 15.3. The predicted molar refractivity (Wildman–Crippen MR) is 104 cm³/mol. The Morgan fingerprint density at radius 3 is 2.60 bits per heavy atom. The first-order valence-corrected chi connectivity index (χ1v) is 8.99. The lowest BCUT2D eigenvalue weighted by Crippen LogP contribution is -2.12. The van der Waals surface area contributed by atoms with Gasteiger partial charge in [-0.3, -0.25) is 4.99 Å². The van der Waals surface area contributed by atoms with E-state index < -0.39 is 0 Å². The second kappa shape index (κ2) is 7.40. The van der Waals surface area contributed by atoms with Crippen molar-refractivity contribution in [3.8, 4) is 16.9 Å². The predicted octanol–water partition coefficient (Wildman–Crippen LogP) is 4.95. The minimum atomic E-state index is -0.00557. The van der Waals surface area contributed by atoms with Gasteiger partial charge in [-0.1, -0.05) is 51.1 Å². The third-order valence-electron chi connectivity index (χ3n) is 4.65. The molecule has 3 nitrogen and oxygen atoms in total. The van der Waals surface area contributed by atoms with Crippen LogP contribution in [0.5, 0.6) is 5.75 Å². The fraction of sp³-hybridized carbons (Fsp3) is 0.409. The summed E-state index contributed by atoms with van der Waals surface area (Å²) in [5.41, 5.74) is 3.81. The Kier molecular flexibility index (Phi) is 5.24. The minimum absolute atomic E-state index is 0.00557. The molecule has 0 saturated carbocycles. The summed E-state index contributed by atoms with van der Waals surface area (Å²) in [5, 5.41) is 10.8. The average Bonchev–Trinajstić information content (AvgIpc) is 3.09. The van der Waals surface area contributed by atoms with Gasteiger partial charge in [0.25, 0.3) is 0 Å². The van der Waals surface area contributed by atoms with E-state index in [-0.39, 0.29) is 17.3 Å². The highest BCUT2D eigenvalue weighted by Crippen LogP contribution is 2.36. The minimum Gasteiger partial charge on any atom is -0.507 e. The molecule has 1 unspecified atom stereocenters. The molecule has 0 radical (unpaired) electrons. The number of aromatic hydroxyl groups is 1. The molecule has 3 rings (SSSR count). The summed E-state index contributed by atoms with van der Waals surface area (Å²) in [6, 6.07) is 14.1. The third kappa shape index (κ3) is 4.29. The fourth-order valence-electron chi connectivity index (χ4n) is 3.08. The van der Waals surface area contributed by atoms with Gasteiger partial charge in [0.1, 0.15) is 5.75 Å². The Hall–Kier alpha value is -2.13. The summed E-state index contributed by atoms with van der Waals surface area (Å²) >= 11 is 0.